The van der Waals surface area contributed by atoms with Crippen molar-refractivity contribution in [1.29, 1.82) is 0 Å². The Morgan fingerprint density at radius 2 is 1.72 bits per heavy atom. The van der Waals surface area contributed by atoms with Gasteiger partial charge in [-0.15, -0.1) is 0 Å². The Balaban J connectivity index is 1.51. The molecule has 0 spiro atoms. The first-order chi connectivity index (χ1) is 15.5. The summed E-state index contributed by atoms with van der Waals surface area (Å²) in [4.78, 5) is 19.5. The largest absolute Gasteiger partial charge is 0.487 e. The third-order valence-electron chi connectivity index (χ3n) is 5.83. The highest BCUT2D eigenvalue weighted by Gasteiger charge is 2.47. The van der Waals surface area contributed by atoms with Crippen LogP contribution in [0.4, 0.5) is 5.69 Å². The first kappa shape index (κ1) is 20.7. The lowest BCUT2D eigenvalue weighted by atomic mass is 10.1. The third kappa shape index (κ3) is 3.99. The van der Waals surface area contributed by atoms with Gasteiger partial charge in [0.05, 0.1) is 24.5 Å². The predicted octanol–water partition coefficient (Wildman–Crippen LogP) is 2.98. The number of carbonyl (C=O) groups excluding carboxylic acids is 1. The SMILES string of the molecule is O=C1[C@@H]2C[C@@H](CN2S(=O)(=O)Cc2ccccc2)Oc2ccccc2N1Cc1cccnc1. The minimum absolute atomic E-state index is 0.153. The number of pyridine rings is 1. The molecule has 2 aliphatic heterocycles. The molecule has 32 heavy (non-hydrogen) atoms. The maximum absolute atomic E-state index is 13.8. The number of aromatic nitrogens is 1. The molecule has 0 radical (unpaired) electrons. The molecule has 1 fully saturated rings. The molecule has 7 nitrogen and oxygen atoms in total. The minimum Gasteiger partial charge on any atom is -0.487 e. The Hall–Kier alpha value is -3.23. The van der Waals surface area contributed by atoms with Gasteiger partial charge in [0.15, 0.2) is 0 Å². The molecule has 3 heterocycles. The van der Waals surface area contributed by atoms with E-state index in [0.717, 1.165) is 5.56 Å². The van der Waals surface area contributed by atoms with Crippen molar-refractivity contribution in [2.75, 3.05) is 11.4 Å². The number of hydrogen-bond acceptors (Lipinski definition) is 5. The van der Waals surface area contributed by atoms with Crippen LogP contribution >= 0.6 is 0 Å². The summed E-state index contributed by atoms with van der Waals surface area (Å²) in [6.07, 6.45) is 3.33. The molecule has 1 amide bonds. The second-order valence-electron chi connectivity index (χ2n) is 8.06. The number of fused-ring (bicyclic) bond motifs is 3. The molecule has 2 aliphatic rings. The predicted molar refractivity (Wildman–Crippen MR) is 120 cm³/mol. The quantitative estimate of drug-likeness (QED) is 0.598. The monoisotopic (exact) mass is 449 g/mol. The number of para-hydroxylation sites is 2. The van der Waals surface area contributed by atoms with Gasteiger partial charge in [0.1, 0.15) is 17.9 Å². The summed E-state index contributed by atoms with van der Waals surface area (Å²) in [6.45, 7) is 0.432. The molecule has 0 unspecified atom stereocenters. The van der Waals surface area contributed by atoms with Crippen molar-refractivity contribution in [3.8, 4) is 5.75 Å². The van der Waals surface area contributed by atoms with E-state index in [9.17, 15) is 13.2 Å². The Bertz CT molecular complexity index is 1220. The standard InChI is InChI=1S/C24H23N3O4S/c28-24-22-13-20(16-27(22)32(29,30)17-18-7-2-1-3-8-18)31-23-11-5-4-10-21(23)26(24)15-19-9-6-12-25-14-19/h1-12,14,20,22H,13,15-17H2/t20-,22-/m0/s1. The Morgan fingerprint density at radius 1 is 0.969 bits per heavy atom. The van der Waals surface area contributed by atoms with Crippen LogP contribution in [-0.2, 0) is 27.1 Å². The van der Waals surface area contributed by atoms with Crippen LogP contribution in [0.2, 0.25) is 0 Å². The molecule has 8 heteroatoms. The van der Waals surface area contributed by atoms with Gasteiger partial charge in [0.25, 0.3) is 0 Å². The summed E-state index contributed by atoms with van der Waals surface area (Å²) in [5, 5.41) is 0. The third-order valence-corrected chi connectivity index (χ3v) is 7.65. The fourth-order valence-corrected chi connectivity index (χ4v) is 6.09. The second kappa shape index (κ2) is 8.37. The van der Waals surface area contributed by atoms with E-state index in [-0.39, 0.29) is 30.9 Å². The van der Waals surface area contributed by atoms with E-state index < -0.39 is 16.1 Å². The van der Waals surface area contributed by atoms with Crippen LogP contribution in [0.25, 0.3) is 0 Å². The van der Waals surface area contributed by atoms with Crippen LogP contribution in [0.15, 0.2) is 79.1 Å². The normalized spacial score (nSPS) is 20.9. The molecule has 3 aromatic rings. The molecule has 2 atom stereocenters. The summed E-state index contributed by atoms with van der Waals surface area (Å²) in [5.41, 5.74) is 2.18. The van der Waals surface area contributed by atoms with Crippen molar-refractivity contribution in [2.45, 2.75) is 30.9 Å². The van der Waals surface area contributed by atoms with E-state index in [1.807, 2.05) is 54.6 Å². The van der Waals surface area contributed by atoms with Gasteiger partial charge in [-0.2, -0.15) is 4.31 Å². The Labute approximate surface area is 187 Å². The van der Waals surface area contributed by atoms with Gasteiger partial charge in [0, 0.05) is 18.8 Å². The number of hydrogen-bond donors (Lipinski definition) is 0. The van der Waals surface area contributed by atoms with Crippen LogP contribution < -0.4 is 9.64 Å². The topological polar surface area (TPSA) is 79.8 Å². The maximum Gasteiger partial charge on any atom is 0.246 e. The number of ether oxygens (including phenoxy) is 1. The molecular formula is C24H23N3O4S. The number of anilines is 1. The van der Waals surface area contributed by atoms with E-state index in [4.69, 9.17) is 4.74 Å². The van der Waals surface area contributed by atoms with E-state index >= 15 is 0 Å². The lowest BCUT2D eigenvalue weighted by Crippen LogP contribution is -2.48. The van der Waals surface area contributed by atoms with E-state index in [1.165, 1.54) is 4.31 Å². The smallest absolute Gasteiger partial charge is 0.246 e. The van der Waals surface area contributed by atoms with E-state index in [2.05, 4.69) is 4.98 Å². The highest BCUT2D eigenvalue weighted by molar-refractivity contribution is 7.88. The number of amides is 1. The first-order valence-electron chi connectivity index (χ1n) is 10.5. The van der Waals surface area contributed by atoms with Crippen LogP contribution in [-0.4, -0.2) is 42.3 Å². The molecule has 0 saturated carbocycles. The van der Waals surface area contributed by atoms with Crippen LogP contribution in [0.3, 0.4) is 0 Å². The van der Waals surface area contributed by atoms with Gasteiger partial charge in [-0.1, -0.05) is 48.5 Å². The highest BCUT2D eigenvalue weighted by atomic mass is 32.2. The molecule has 1 saturated heterocycles. The first-order valence-corrected chi connectivity index (χ1v) is 12.1. The van der Waals surface area contributed by atoms with E-state index in [1.54, 1.807) is 29.4 Å². The Morgan fingerprint density at radius 3 is 2.50 bits per heavy atom. The van der Waals surface area contributed by atoms with Crippen molar-refractivity contribution in [1.82, 2.24) is 9.29 Å². The van der Waals surface area contributed by atoms with Crippen molar-refractivity contribution in [3.63, 3.8) is 0 Å². The number of rotatable bonds is 5. The van der Waals surface area contributed by atoms with Gasteiger partial charge in [-0.25, -0.2) is 8.42 Å². The van der Waals surface area contributed by atoms with Gasteiger partial charge < -0.3 is 9.64 Å². The summed E-state index contributed by atoms with van der Waals surface area (Å²) >= 11 is 0. The fraction of sp³-hybridized carbons (Fsp3) is 0.250. The molecular weight excluding hydrogens is 426 g/mol. The molecule has 0 N–H and O–H groups in total. The Kier molecular flexibility index (Phi) is 5.40. The molecule has 1 aromatic heterocycles. The molecule has 0 aliphatic carbocycles. The average Bonchev–Trinajstić information content (AvgIpc) is 3.24. The molecule has 2 aromatic carbocycles. The highest BCUT2D eigenvalue weighted by Crippen LogP contribution is 2.38. The number of nitrogens with zero attached hydrogens (tertiary/aromatic N) is 3. The maximum atomic E-state index is 13.8. The average molecular weight is 450 g/mol. The number of benzene rings is 2. The molecule has 5 rings (SSSR count). The fourth-order valence-electron chi connectivity index (χ4n) is 4.35. The number of carbonyl (C=O) groups is 1. The van der Waals surface area contributed by atoms with Crippen LogP contribution in [0, 0.1) is 0 Å². The van der Waals surface area contributed by atoms with Gasteiger partial charge in [-0.3, -0.25) is 9.78 Å². The van der Waals surface area contributed by atoms with Crippen molar-refractivity contribution >= 4 is 21.6 Å². The summed E-state index contributed by atoms with van der Waals surface area (Å²) in [6, 6.07) is 19.3. The molecule has 164 valence electrons. The van der Waals surface area contributed by atoms with Crippen molar-refractivity contribution in [2.24, 2.45) is 0 Å². The number of sulfonamides is 1. The summed E-state index contributed by atoms with van der Waals surface area (Å²) in [5.74, 6) is 0.180. The summed E-state index contributed by atoms with van der Waals surface area (Å²) < 4.78 is 34.2. The van der Waals surface area contributed by atoms with Crippen LogP contribution in [0.1, 0.15) is 17.5 Å². The van der Waals surface area contributed by atoms with Crippen molar-refractivity contribution < 1.29 is 17.9 Å². The lowest BCUT2D eigenvalue weighted by molar-refractivity contribution is -0.122. The second-order valence-corrected chi connectivity index (χ2v) is 9.98. The van der Waals surface area contributed by atoms with Gasteiger partial charge >= 0.3 is 0 Å². The van der Waals surface area contributed by atoms with Crippen LogP contribution in [0.5, 0.6) is 5.75 Å². The zero-order valence-corrected chi connectivity index (χ0v) is 18.2. The molecule has 2 bridgehead atoms. The van der Waals surface area contributed by atoms with Crippen molar-refractivity contribution in [3.05, 3.63) is 90.3 Å². The zero-order chi connectivity index (χ0) is 22.1. The summed E-state index contributed by atoms with van der Waals surface area (Å²) in [7, 11) is -3.72. The zero-order valence-electron chi connectivity index (χ0n) is 17.4. The van der Waals surface area contributed by atoms with Gasteiger partial charge in [0.2, 0.25) is 15.9 Å². The lowest BCUT2D eigenvalue weighted by Gasteiger charge is -2.31. The van der Waals surface area contributed by atoms with E-state index in [0.29, 0.717) is 23.4 Å². The van der Waals surface area contributed by atoms with Gasteiger partial charge in [-0.05, 0) is 29.3 Å². The minimum atomic E-state index is -3.72.